The van der Waals surface area contributed by atoms with E-state index in [-0.39, 0.29) is 11.2 Å². The second kappa shape index (κ2) is 3.24. The molecule has 0 unspecified atom stereocenters. The molecular formula is C9H19NO2S. The van der Waals surface area contributed by atoms with Gasteiger partial charge in [0.15, 0.2) is 0 Å². The molecular weight excluding hydrogens is 186 g/mol. The highest BCUT2D eigenvalue weighted by Gasteiger charge is 2.40. The molecule has 1 saturated heterocycles. The molecule has 0 radical (unpaired) electrons. The van der Waals surface area contributed by atoms with Crippen LogP contribution in [0.3, 0.4) is 0 Å². The van der Waals surface area contributed by atoms with Gasteiger partial charge >= 0.3 is 0 Å². The highest BCUT2D eigenvalue weighted by Crippen LogP contribution is 2.34. The Bertz CT molecular complexity index is 270. The molecule has 0 amide bonds. The highest BCUT2D eigenvalue weighted by molar-refractivity contribution is 7.89. The Morgan fingerprint density at radius 2 is 1.77 bits per heavy atom. The topological polar surface area (TPSA) is 37.4 Å². The first-order valence-electron chi connectivity index (χ1n) is 4.75. The number of hydrogen-bond acceptors (Lipinski definition) is 2. The van der Waals surface area contributed by atoms with Gasteiger partial charge in [-0.2, -0.15) is 0 Å². The summed E-state index contributed by atoms with van der Waals surface area (Å²) >= 11 is 0. The maximum Gasteiger partial charge on any atom is 0.213 e. The lowest BCUT2D eigenvalue weighted by Crippen LogP contribution is -2.54. The summed E-state index contributed by atoms with van der Waals surface area (Å²) in [6.07, 6.45) is 0. The van der Waals surface area contributed by atoms with Gasteiger partial charge < -0.3 is 0 Å². The third kappa shape index (κ3) is 2.23. The third-order valence-electron chi connectivity index (χ3n) is 2.83. The molecule has 1 aliphatic rings. The van der Waals surface area contributed by atoms with Crippen LogP contribution in [0.2, 0.25) is 0 Å². The molecule has 78 valence electrons. The smallest absolute Gasteiger partial charge is 0.212 e. The maximum absolute atomic E-state index is 11.4. The minimum Gasteiger partial charge on any atom is -0.212 e. The Morgan fingerprint density at radius 1 is 1.31 bits per heavy atom. The van der Waals surface area contributed by atoms with Crippen LogP contribution in [-0.4, -0.2) is 31.6 Å². The van der Waals surface area contributed by atoms with E-state index in [2.05, 4.69) is 20.8 Å². The van der Waals surface area contributed by atoms with Crippen molar-refractivity contribution < 1.29 is 8.42 Å². The highest BCUT2D eigenvalue weighted by atomic mass is 32.2. The molecule has 0 atom stereocenters. The van der Waals surface area contributed by atoms with Crippen molar-refractivity contribution in [1.29, 1.82) is 0 Å². The van der Waals surface area contributed by atoms with Gasteiger partial charge in [-0.3, -0.25) is 0 Å². The zero-order valence-electron chi connectivity index (χ0n) is 8.87. The summed E-state index contributed by atoms with van der Waals surface area (Å²) in [4.78, 5) is 0. The standard InChI is InChI=1S/C9H19NO2S/c1-5-13(11,12)10-6-8(7-10)9(2,3)4/h8H,5-7H2,1-4H3. The second-order valence-corrected chi connectivity index (χ2v) is 7.04. The zero-order valence-corrected chi connectivity index (χ0v) is 9.69. The first kappa shape index (κ1) is 11.0. The van der Waals surface area contributed by atoms with E-state index in [4.69, 9.17) is 0 Å². The summed E-state index contributed by atoms with van der Waals surface area (Å²) in [5.74, 6) is 0.748. The average molecular weight is 205 g/mol. The van der Waals surface area contributed by atoms with Gasteiger partial charge in [0.2, 0.25) is 10.0 Å². The molecule has 0 saturated carbocycles. The summed E-state index contributed by atoms with van der Waals surface area (Å²) in [7, 11) is -2.92. The fourth-order valence-electron chi connectivity index (χ4n) is 1.40. The Kier molecular flexibility index (Phi) is 2.74. The van der Waals surface area contributed by atoms with Gasteiger partial charge in [0.25, 0.3) is 0 Å². The Balaban J connectivity index is 2.52. The summed E-state index contributed by atoms with van der Waals surface area (Å²) in [5, 5.41) is 0. The zero-order chi connectivity index (χ0) is 10.3. The predicted molar refractivity (Wildman–Crippen MR) is 54.0 cm³/mol. The monoisotopic (exact) mass is 205 g/mol. The molecule has 0 aromatic carbocycles. The molecule has 13 heavy (non-hydrogen) atoms. The van der Waals surface area contributed by atoms with Crippen LogP contribution in [-0.2, 0) is 10.0 Å². The molecule has 1 aliphatic heterocycles. The molecule has 0 spiro atoms. The van der Waals surface area contributed by atoms with E-state index < -0.39 is 10.0 Å². The van der Waals surface area contributed by atoms with E-state index in [1.807, 2.05) is 0 Å². The molecule has 3 nitrogen and oxygen atoms in total. The normalized spacial score (nSPS) is 21.5. The lowest BCUT2D eigenvalue weighted by atomic mass is 9.77. The van der Waals surface area contributed by atoms with Gasteiger partial charge in [-0.25, -0.2) is 12.7 Å². The largest absolute Gasteiger partial charge is 0.213 e. The van der Waals surface area contributed by atoms with Gasteiger partial charge in [0.05, 0.1) is 5.75 Å². The molecule has 1 rings (SSSR count). The fraction of sp³-hybridized carbons (Fsp3) is 1.00. The molecule has 1 fully saturated rings. The van der Waals surface area contributed by atoms with Crippen molar-refractivity contribution >= 4 is 10.0 Å². The van der Waals surface area contributed by atoms with Crippen molar-refractivity contribution in [1.82, 2.24) is 4.31 Å². The molecule has 0 aliphatic carbocycles. The second-order valence-electron chi connectivity index (χ2n) is 4.78. The van der Waals surface area contributed by atoms with Crippen LogP contribution in [0.5, 0.6) is 0 Å². The summed E-state index contributed by atoms with van der Waals surface area (Å²) in [6.45, 7) is 9.59. The van der Waals surface area contributed by atoms with Crippen LogP contribution in [0.1, 0.15) is 27.7 Å². The van der Waals surface area contributed by atoms with E-state index in [0.717, 1.165) is 0 Å². The van der Waals surface area contributed by atoms with Crippen molar-refractivity contribution in [2.24, 2.45) is 11.3 Å². The summed E-state index contributed by atoms with van der Waals surface area (Å²) < 4.78 is 24.3. The van der Waals surface area contributed by atoms with Crippen LogP contribution in [0, 0.1) is 11.3 Å². The fourth-order valence-corrected chi connectivity index (χ4v) is 2.57. The molecule has 0 aromatic rings. The van der Waals surface area contributed by atoms with Crippen molar-refractivity contribution in [2.75, 3.05) is 18.8 Å². The number of nitrogens with zero attached hydrogens (tertiary/aromatic N) is 1. The van der Waals surface area contributed by atoms with Crippen molar-refractivity contribution in [3.63, 3.8) is 0 Å². The van der Waals surface area contributed by atoms with E-state index in [1.54, 1.807) is 11.2 Å². The number of rotatable bonds is 2. The quantitative estimate of drug-likeness (QED) is 0.681. The molecule has 1 heterocycles. The third-order valence-corrected chi connectivity index (χ3v) is 4.65. The Morgan fingerprint density at radius 3 is 2.08 bits per heavy atom. The van der Waals surface area contributed by atoms with Gasteiger partial charge in [0.1, 0.15) is 0 Å². The van der Waals surface area contributed by atoms with Crippen molar-refractivity contribution in [3.05, 3.63) is 0 Å². The van der Waals surface area contributed by atoms with E-state index >= 15 is 0 Å². The number of hydrogen-bond donors (Lipinski definition) is 0. The molecule has 0 bridgehead atoms. The Labute approximate surface area is 81.2 Å². The lowest BCUT2D eigenvalue weighted by Gasteiger charge is -2.45. The van der Waals surface area contributed by atoms with Crippen LogP contribution in [0.4, 0.5) is 0 Å². The SMILES string of the molecule is CCS(=O)(=O)N1CC(C(C)(C)C)C1. The summed E-state index contributed by atoms with van der Waals surface area (Å²) in [5.41, 5.74) is 0.236. The molecule has 0 N–H and O–H groups in total. The molecule has 4 heteroatoms. The summed E-state index contributed by atoms with van der Waals surface area (Å²) in [6, 6.07) is 0. The van der Waals surface area contributed by atoms with Crippen LogP contribution in [0.25, 0.3) is 0 Å². The predicted octanol–water partition coefficient (Wildman–Crippen LogP) is 1.31. The maximum atomic E-state index is 11.4. The van der Waals surface area contributed by atoms with Gasteiger partial charge in [-0.15, -0.1) is 0 Å². The Hall–Kier alpha value is -0.0900. The average Bonchev–Trinajstić information content (AvgIpc) is 1.79. The van der Waals surface area contributed by atoms with Gasteiger partial charge in [-0.05, 0) is 18.3 Å². The van der Waals surface area contributed by atoms with Gasteiger partial charge in [-0.1, -0.05) is 20.8 Å². The van der Waals surface area contributed by atoms with Crippen LogP contribution in [0.15, 0.2) is 0 Å². The minimum atomic E-state index is -2.92. The lowest BCUT2D eigenvalue weighted by molar-refractivity contribution is 0.0887. The first-order valence-corrected chi connectivity index (χ1v) is 6.36. The molecule has 0 aromatic heterocycles. The number of sulfonamides is 1. The van der Waals surface area contributed by atoms with E-state index in [1.165, 1.54) is 0 Å². The van der Waals surface area contributed by atoms with E-state index in [9.17, 15) is 8.42 Å². The van der Waals surface area contributed by atoms with Crippen LogP contribution >= 0.6 is 0 Å². The van der Waals surface area contributed by atoms with Crippen molar-refractivity contribution in [2.45, 2.75) is 27.7 Å². The first-order chi connectivity index (χ1) is 5.77. The minimum absolute atomic E-state index is 0.226. The van der Waals surface area contributed by atoms with Gasteiger partial charge in [0, 0.05) is 13.1 Å². The van der Waals surface area contributed by atoms with E-state index in [0.29, 0.717) is 19.0 Å². The van der Waals surface area contributed by atoms with Crippen molar-refractivity contribution in [3.8, 4) is 0 Å². The van der Waals surface area contributed by atoms with Crippen LogP contribution < -0.4 is 0 Å².